The van der Waals surface area contributed by atoms with Crippen LogP contribution in [0.3, 0.4) is 0 Å². The van der Waals surface area contributed by atoms with Gasteiger partial charge in [-0.05, 0) is 45.3 Å². The number of nitrogens with one attached hydrogen (secondary N) is 1. The highest BCUT2D eigenvalue weighted by Crippen LogP contribution is 2.35. The Kier molecular flexibility index (Phi) is 6.61. The highest BCUT2D eigenvalue weighted by Gasteiger charge is 2.36. The minimum atomic E-state index is 0.366. The largest absolute Gasteiger partial charge is 0.384 e. The highest BCUT2D eigenvalue weighted by molar-refractivity contribution is 4.94. The fourth-order valence-corrected chi connectivity index (χ4v) is 3.25. The van der Waals surface area contributed by atoms with Crippen LogP contribution in [-0.2, 0) is 4.74 Å². The molecule has 1 aliphatic rings. The number of ether oxygens (including phenoxy) is 1. The van der Waals surface area contributed by atoms with E-state index < -0.39 is 0 Å². The molecule has 1 aliphatic carbocycles. The Bertz CT molecular complexity index is 233. The van der Waals surface area contributed by atoms with Crippen molar-refractivity contribution in [2.24, 2.45) is 11.8 Å². The molecule has 0 aromatic heterocycles. The van der Waals surface area contributed by atoms with E-state index in [1.54, 1.807) is 7.11 Å². The average molecular weight is 256 g/mol. The summed E-state index contributed by atoms with van der Waals surface area (Å²) in [5.74, 6) is 1.45. The van der Waals surface area contributed by atoms with Gasteiger partial charge in [0.25, 0.3) is 0 Å². The van der Waals surface area contributed by atoms with Crippen LogP contribution in [0, 0.1) is 11.8 Å². The molecule has 1 saturated carbocycles. The van der Waals surface area contributed by atoms with Crippen LogP contribution in [0.25, 0.3) is 0 Å². The molecule has 0 bridgehead atoms. The van der Waals surface area contributed by atoms with Crippen LogP contribution in [-0.4, -0.2) is 51.3 Å². The van der Waals surface area contributed by atoms with Crippen LogP contribution in [0.1, 0.15) is 39.5 Å². The Labute approximate surface area is 113 Å². The molecule has 0 aliphatic heterocycles. The van der Waals surface area contributed by atoms with E-state index in [1.165, 1.54) is 25.7 Å². The molecule has 0 saturated heterocycles. The topological polar surface area (TPSA) is 24.5 Å². The summed E-state index contributed by atoms with van der Waals surface area (Å²) in [6, 6.07) is 0. The van der Waals surface area contributed by atoms with E-state index >= 15 is 0 Å². The number of nitrogens with zero attached hydrogens (tertiary/aromatic N) is 1. The summed E-state index contributed by atoms with van der Waals surface area (Å²) >= 11 is 0. The van der Waals surface area contributed by atoms with Gasteiger partial charge in [0.05, 0.1) is 0 Å². The minimum absolute atomic E-state index is 0.366. The monoisotopic (exact) mass is 256 g/mol. The smallest absolute Gasteiger partial charge is 0.0499 e. The zero-order valence-electron chi connectivity index (χ0n) is 13.0. The van der Waals surface area contributed by atoms with Crippen LogP contribution < -0.4 is 5.32 Å². The fraction of sp³-hybridized carbons (Fsp3) is 1.00. The van der Waals surface area contributed by atoms with Crippen molar-refractivity contribution in [1.29, 1.82) is 0 Å². The van der Waals surface area contributed by atoms with Gasteiger partial charge in [-0.25, -0.2) is 0 Å². The Morgan fingerprint density at radius 2 is 2.17 bits per heavy atom. The van der Waals surface area contributed by atoms with Crippen molar-refractivity contribution >= 4 is 0 Å². The quantitative estimate of drug-likeness (QED) is 0.757. The summed E-state index contributed by atoms with van der Waals surface area (Å²) in [6.45, 7) is 7.64. The molecular weight excluding hydrogens is 224 g/mol. The van der Waals surface area contributed by atoms with Gasteiger partial charge in [-0.1, -0.05) is 26.7 Å². The van der Waals surface area contributed by atoms with Crippen molar-refractivity contribution in [3.8, 4) is 0 Å². The van der Waals surface area contributed by atoms with Gasteiger partial charge >= 0.3 is 0 Å². The first-order chi connectivity index (χ1) is 8.50. The van der Waals surface area contributed by atoms with Crippen LogP contribution in [0.15, 0.2) is 0 Å². The first-order valence-electron chi connectivity index (χ1n) is 7.37. The predicted octanol–water partition coefficient (Wildman–Crippen LogP) is 2.37. The maximum atomic E-state index is 5.19. The second-order valence-electron chi connectivity index (χ2n) is 6.51. The van der Waals surface area contributed by atoms with Gasteiger partial charge in [0.2, 0.25) is 0 Å². The molecule has 3 nitrogen and oxygen atoms in total. The third kappa shape index (κ3) is 4.52. The van der Waals surface area contributed by atoms with Crippen molar-refractivity contribution in [3.63, 3.8) is 0 Å². The number of likely N-dealkylation sites (N-methyl/N-ethyl adjacent to an activating group) is 1. The number of hydrogen-bond acceptors (Lipinski definition) is 3. The van der Waals surface area contributed by atoms with Crippen molar-refractivity contribution in [2.75, 3.05) is 40.9 Å². The van der Waals surface area contributed by atoms with Crippen LogP contribution in [0.5, 0.6) is 0 Å². The molecule has 0 heterocycles. The second-order valence-corrected chi connectivity index (χ2v) is 6.51. The summed E-state index contributed by atoms with van der Waals surface area (Å²) in [5.41, 5.74) is 0.366. The lowest BCUT2D eigenvalue weighted by Crippen LogP contribution is -2.54. The molecule has 0 aromatic carbocycles. The Hall–Kier alpha value is -0.120. The van der Waals surface area contributed by atoms with Gasteiger partial charge in [-0.2, -0.15) is 0 Å². The molecule has 1 rings (SSSR count). The average Bonchev–Trinajstić information content (AvgIpc) is 2.29. The summed E-state index contributed by atoms with van der Waals surface area (Å²) in [5, 5.41) is 3.66. The third-order valence-corrected chi connectivity index (χ3v) is 4.41. The molecule has 3 atom stereocenters. The molecule has 0 aromatic rings. The maximum absolute atomic E-state index is 5.19. The molecule has 18 heavy (non-hydrogen) atoms. The molecule has 3 unspecified atom stereocenters. The van der Waals surface area contributed by atoms with Crippen LogP contribution >= 0.6 is 0 Å². The molecule has 0 radical (unpaired) electrons. The van der Waals surface area contributed by atoms with E-state index in [0.29, 0.717) is 11.5 Å². The first-order valence-corrected chi connectivity index (χ1v) is 7.37. The molecule has 0 spiro atoms. The van der Waals surface area contributed by atoms with Crippen molar-refractivity contribution in [1.82, 2.24) is 10.2 Å². The standard InChI is InChI=1S/C15H32N2O/c1-13-7-6-8-15(9-13,17(3)4)12-16-10-14(2)11-18-5/h13-14,16H,6-12H2,1-5H3. The van der Waals surface area contributed by atoms with Gasteiger partial charge < -0.3 is 15.0 Å². The summed E-state index contributed by atoms with van der Waals surface area (Å²) in [4.78, 5) is 2.44. The Morgan fingerprint density at radius 3 is 2.72 bits per heavy atom. The van der Waals surface area contributed by atoms with E-state index in [4.69, 9.17) is 4.74 Å². The molecule has 1 fully saturated rings. The van der Waals surface area contributed by atoms with Gasteiger partial charge in [-0.15, -0.1) is 0 Å². The summed E-state index contributed by atoms with van der Waals surface area (Å²) < 4.78 is 5.19. The zero-order chi connectivity index (χ0) is 13.6. The molecule has 0 amide bonds. The number of methoxy groups -OCH3 is 1. The van der Waals surface area contributed by atoms with Crippen molar-refractivity contribution in [2.45, 2.75) is 45.1 Å². The van der Waals surface area contributed by atoms with Gasteiger partial charge in [0, 0.05) is 25.8 Å². The molecule has 3 heteroatoms. The lowest BCUT2D eigenvalue weighted by atomic mass is 9.75. The minimum Gasteiger partial charge on any atom is -0.384 e. The molecule has 1 N–H and O–H groups in total. The lowest BCUT2D eigenvalue weighted by molar-refractivity contribution is 0.0725. The molecule has 108 valence electrons. The van der Waals surface area contributed by atoms with E-state index in [9.17, 15) is 0 Å². The Balaban J connectivity index is 2.43. The van der Waals surface area contributed by atoms with E-state index in [2.05, 4.69) is 38.2 Å². The third-order valence-electron chi connectivity index (χ3n) is 4.41. The number of rotatable bonds is 7. The number of hydrogen-bond donors (Lipinski definition) is 1. The van der Waals surface area contributed by atoms with Crippen molar-refractivity contribution in [3.05, 3.63) is 0 Å². The van der Waals surface area contributed by atoms with Gasteiger partial charge in [0.1, 0.15) is 0 Å². The Morgan fingerprint density at radius 1 is 1.44 bits per heavy atom. The van der Waals surface area contributed by atoms with Crippen LogP contribution in [0.4, 0.5) is 0 Å². The zero-order valence-corrected chi connectivity index (χ0v) is 13.0. The highest BCUT2D eigenvalue weighted by atomic mass is 16.5. The first kappa shape index (κ1) is 15.9. The van der Waals surface area contributed by atoms with Gasteiger partial charge in [0.15, 0.2) is 0 Å². The van der Waals surface area contributed by atoms with E-state index in [-0.39, 0.29) is 0 Å². The fourth-order valence-electron chi connectivity index (χ4n) is 3.25. The van der Waals surface area contributed by atoms with Crippen LogP contribution in [0.2, 0.25) is 0 Å². The van der Waals surface area contributed by atoms with E-state index in [0.717, 1.165) is 25.6 Å². The lowest BCUT2D eigenvalue weighted by Gasteiger charge is -2.45. The second kappa shape index (κ2) is 7.46. The normalized spacial score (nSPS) is 30.7. The van der Waals surface area contributed by atoms with Gasteiger partial charge in [-0.3, -0.25) is 0 Å². The molecular formula is C15H32N2O. The SMILES string of the molecule is COCC(C)CNCC1(N(C)C)CCCC(C)C1. The maximum Gasteiger partial charge on any atom is 0.0499 e. The van der Waals surface area contributed by atoms with Crippen molar-refractivity contribution < 1.29 is 4.74 Å². The summed E-state index contributed by atoms with van der Waals surface area (Å²) in [6.07, 6.45) is 5.42. The van der Waals surface area contributed by atoms with E-state index in [1.807, 2.05) is 0 Å². The summed E-state index contributed by atoms with van der Waals surface area (Å²) in [7, 11) is 6.25. The predicted molar refractivity (Wildman–Crippen MR) is 78.0 cm³/mol.